The van der Waals surface area contributed by atoms with E-state index in [0.717, 1.165) is 9.87 Å². The highest BCUT2D eigenvalue weighted by Gasteiger charge is 2.29. The summed E-state index contributed by atoms with van der Waals surface area (Å²) >= 11 is 6.00. The summed E-state index contributed by atoms with van der Waals surface area (Å²) in [7, 11) is -4.14. The number of carbonyl (C=O) groups excluding carboxylic acids is 2. The Balaban J connectivity index is 1.54. The van der Waals surface area contributed by atoms with Crippen molar-refractivity contribution >= 4 is 50.5 Å². The van der Waals surface area contributed by atoms with Gasteiger partial charge in [-0.1, -0.05) is 59.6 Å². The zero-order valence-electron chi connectivity index (χ0n) is 23.9. The summed E-state index contributed by atoms with van der Waals surface area (Å²) in [5, 5.41) is 7.46. The minimum Gasteiger partial charge on any atom is -0.492 e. The van der Waals surface area contributed by atoms with Crippen LogP contribution in [0.3, 0.4) is 0 Å². The van der Waals surface area contributed by atoms with E-state index in [0.29, 0.717) is 39.9 Å². The van der Waals surface area contributed by atoms with Gasteiger partial charge in [-0.2, -0.15) is 5.10 Å². The van der Waals surface area contributed by atoms with Gasteiger partial charge in [0.25, 0.3) is 21.8 Å². The van der Waals surface area contributed by atoms with Crippen molar-refractivity contribution in [2.75, 3.05) is 22.8 Å². The number of halogens is 1. The monoisotopic (exact) mass is 618 g/mol. The van der Waals surface area contributed by atoms with Crippen LogP contribution >= 0.6 is 11.6 Å². The van der Waals surface area contributed by atoms with Crippen molar-refractivity contribution in [2.24, 2.45) is 5.10 Å². The number of benzene rings is 4. The first-order valence-corrected chi connectivity index (χ1v) is 15.2. The number of hydrogen-bond acceptors (Lipinski definition) is 6. The third-order valence-corrected chi connectivity index (χ3v) is 8.31. The Morgan fingerprint density at radius 2 is 1.60 bits per heavy atom. The third-order valence-electron chi connectivity index (χ3n) is 6.30. The summed E-state index contributed by atoms with van der Waals surface area (Å²) in [6, 6.07) is 26.6. The SMILES string of the molecule is CCOc1ccccc1N(CC(=O)N/N=C(/C)c1cccc(NC(=O)c2cccc(Cl)c2)c1)S(=O)(=O)c1ccc(C)cc1. The molecule has 0 unspecified atom stereocenters. The van der Waals surface area contributed by atoms with Gasteiger partial charge in [0.1, 0.15) is 12.3 Å². The van der Waals surface area contributed by atoms with Gasteiger partial charge in [-0.15, -0.1) is 0 Å². The maximum Gasteiger partial charge on any atom is 0.264 e. The van der Waals surface area contributed by atoms with Crippen LogP contribution in [0, 0.1) is 6.92 Å². The van der Waals surface area contributed by atoms with Gasteiger partial charge in [0.05, 0.1) is 22.9 Å². The van der Waals surface area contributed by atoms with E-state index in [1.54, 1.807) is 98.8 Å². The molecular formula is C32H31ClN4O5S. The van der Waals surface area contributed by atoms with Gasteiger partial charge in [0.15, 0.2) is 0 Å². The van der Waals surface area contributed by atoms with Crippen LogP contribution in [0.2, 0.25) is 5.02 Å². The quantitative estimate of drug-likeness (QED) is 0.157. The van der Waals surface area contributed by atoms with Crippen molar-refractivity contribution in [3.05, 3.63) is 119 Å². The van der Waals surface area contributed by atoms with Gasteiger partial charge in [-0.25, -0.2) is 13.8 Å². The van der Waals surface area contributed by atoms with E-state index in [4.69, 9.17) is 16.3 Å². The Morgan fingerprint density at radius 1 is 0.907 bits per heavy atom. The Morgan fingerprint density at radius 3 is 2.33 bits per heavy atom. The van der Waals surface area contributed by atoms with Gasteiger partial charge in [-0.3, -0.25) is 13.9 Å². The fourth-order valence-electron chi connectivity index (χ4n) is 4.11. The van der Waals surface area contributed by atoms with Gasteiger partial charge in [-0.05, 0) is 80.9 Å². The van der Waals surface area contributed by atoms with Crippen LogP contribution in [0.15, 0.2) is 107 Å². The number of aryl methyl sites for hydroxylation is 1. The molecule has 0 saturated carbocycles. The summed E-state index contributed by atoms with van der Waals surface area (Å²) < 4.78 is 34.2. The Labute approximate surface area is 256 Å². The summed E-state index contributed by atoms with van der Waals surface area (Å²) in [6.45, 7) is 5.09. The van der Waals surface area contributed by atoms with Crippen LogP contribution < -0.4 is 19.8 Å². The standard InChI is InChI=1S/C32H31ClN4O5S/c1-4-42-30-14-6-5-13-29(30)37(43(40,41)28-17-15-22(2)16-18-28)21-31(38)36-35-23(3)24-9-8-12-27(20-24)34-32(39)25-10-7-11-26(33)19-25/h5-20H,4,21H2,1-3H3,(H,34,39)(H,36,38)/b35-23-. The second kappa shape index (κ2) is 14.0. The zero-order chi connectivity index (χ0) is 31.0. The van der Waals surface area contributed by atoms with E-state index in [9.17, 15) is 18.0 Å². The number of amides is 2. The van der Waals surface area contributed by atoms with Crippen molar-refractivity contribution in [3.63, 3.8) is 0 Å². The minimum atomic E-state index is -4.14. The molecular weight excluding hydrogens is 588 g/mol. The largest absolute Gasteiger partial charge is 0.492 e. The summed E-state index contributed by atoms with van der Waals surface area (Å²) in [5.41, 5.74) is 5.59. The van der Waals surface area contributed by atoms with Crippen molar-refractivity contribution in [3.8, 4) is 5.75 Å². The number of para-hydroxylation sites is 2. The Bertz CT molecular complexity index is 1760. The molecule has 0 heterocycles. The lowest BCUT2D eigenvalue weighted by atomic mass is 10.1. The smallest absolute Gasteiger partial charge is 0.264 e. The predicted octanol–water partition coefficient (Wildman–Crippen LogP) is 6.04. The highest BCUT2D eigenvalue weighted by atomic mass is 35.5. The molecule has 4 rings (SSSR count). The molecule has 0 radical (unpaired) electrons. The van der Waals surface area contributed by atoms with E-state index in [1.165, 1.54) is 12.1 Å². The first-order valence-electron chi connectivity index (χ1n) is 13.4. The number of hydrogen-bond donors (Lipinski definition) is 2. The minimum absolute atomic E-state index is 0.0357. The molecule has 0 atom stereocenters. The van der Waals surface area contributed by atoms with Crippen molar-refractivity contribution in [1.82, 2.24) is 5.43 Å². The van der Waals surface area contributed by atoms with Crippen molar-refractivity contribution in [1.29, 1.82) is 0 Å². The molecule has 2 N–H and O–H groups in total. The number of hydrazone groups is 1. The predicted molar refractivity (Wildman–Crippen MR) is 170 cm³/mol. The third kappa shape index (κ3) is 8.00. The molecule has 0 aliphatic carbocycles. The van der Waals surface area contributed by atoms with Crippen LogP contribution in [0.5, 0.6) is 5.75 Å². The summed E-state index contributed by atoms with van der Waals surface area (Å²) in [5.74, 6) is -0.665. The molecule has 4 aromatic rings. The lowest BCUT2D eigenvalue weighted by Gasteiger charge is -2.25. The first-order chi connectivity index (χ1) is 20.6. The number of sulfonamides is 1. The van der Waals surface area contributed by atoms with Crippen LogP contribution in [0.1, 0.15) is 35.3 Å². The number of ether oxygens (including phenoxy) is 1. The molecule has 43 heavy (non-hydrogen) atoms. The normalized spacial score (nSPS) is 11.5. The average molecular weight is 619 g/mol. The fraction of sp³-hybridized carbons (Fsp3) is 0.156. The molecule has 222 valence electrons. The molecule has 2 amide bonds. The van der Waals surface area contributed by atoms with E-state index in [1.807, 2.05) is 6.92 Å². The molecule has 0 aliphatic rings. The number of anilines is 2. The van der Waals surface area contributed by atoms with Gasteiger partial charge >= 0.3 is 0 Å². The molecule has 0 saturated heterocycles. The van der Waals surface area contributed by atoms with E-state index in [-0.39, 0.29) is 16.5 Å². The van der Waals surface area contributed by atoms with Crippen LogP contribution in [0.4, 0.5) is 11.4 Å². The topological polar surface area (TPSA) is 117 Å². The molecule has 9 nitrogen and oxygen atoms in total. The Kier molecular flexibility index (Phi) is 10.2. The first kappa shape index (κ1) is 31.3. The second-order valence-corrected chi connectivity index (χ2v) is 11.8. The fourth-order valence-corrected chi connectivity index (χ4v) is 5.73. The average Bonchev–Trinajstić information content (AvgIpc) is 2.99. The van der Waals surface area contributed by atoms with Crippen LogP contribution in [0.25, 0.3) is 0 Å². The van der Waals surface area contributed by atoms with E-state index in [2.05, 4.69) is 15.8 Å². The summed E-state index contributed by atoms with van der Waals surface area (Å²) in [6.07, 6.45) is 0. The van der Waals surface area contributed by atoms with Crippen LogP contribution in [-0.2, 0) is 14.8 Å². The second-order valence-electron chi connectivity index (χ2n) is 9.50. The number of rotatable bonds is 11. The lowest BCUT2D eigenvalue weighted by Crippen LogP contribution is -2.40. The maximum absolute atomic E-state index is 13.8. The number of carbonyl (C=O) groups is 2. The molecule has 0 fully saturated rings. The maximum atomic E-state index is 13.8. The highest BCUT2D eigenvalue weighted by Crippen LogP contribution is 2.32. The van der Waals surface area contributed by atoms with E-state index < -0.39 is 22.5 Å². The molecule has 0 bridgehead atoms. The lowest BCUT2D eigenvalue weighted by molar-refractivity contribution is -0.119. The number of nitrogens with zero attached hydrogens (tertiary/aromatic N) is 2. The highest BCUT2D eigenvalue weighted by molar-refractivity contribution is 7.92. The van der Waals surface area contributed by atoms with Gasteiger partial charge in [0, 0.05) is 16.3 Å². The van der Waals surface area contributed by atoms with E-state index >= 15 is 0 Å². The molecule has 0 aromatic heterocycles. The zero-order valence-corrected chi connectivity index (χ0v) is 25.4. The molecule has 4 aromatic carbocycles. The van der Waals surface area contributed by atoms with Gasteiger partial charge < -0.3 is 10.1 Å². The Hall–Kier alpha value is -4.67. The molecule has 0 aliphatic heterocycles. The molecule has 11 heteroatoms. The van der Waals surface area contributed by atoms with Gasteiger partial charge in [0.2, 0.25) is 0 Å². The van der Waals surface area contributed by atoms with Crippen molar-refractivity contribution in [2.45, 2.75) is 25.7 Å². The summed E-state index contributed by atoms with van der Waals surface area (Å²) in [4.78, 5) is 25.8. The van der Waals surface area contributed by atoms with Crippen molar-refractivity contribution < 1.29 is 22.7 Å². The van der Waals surface area contributed by atoms with Crippen LogP contribution in [-0.4, -0.2) is 39.1 Å². The molecule has 0 spiro atoms. The number of nitrogens with one attached hydrogen (secondary N) is 2.